The summed E-state index contributed by atoms with van der Waals surface area (Å²) < 4.78 is 0. The van der Waals surface area contributed by atoms with Crippen LogP contribution in [0.3, 0.4) is 0 Å². The van der Waals surface area contributed by atoms with E-state index in [1.54, 1.807) is 0 Å². The van der Waals surface area contributed by atoms with Crippen LogP contribution in [-0.2, 0) is 0 Å². The molecular weight excluding hydrogens is 138 g/mol. The summed E-state index contributed by atoms with van der Waals surface area (Å²) in [6.07, 6.45) is 1.12. The van der Waals surface area contributed by atoms with E-state index in [4.69, 9.17) is 5.11 Å². The standard InChI is InChI=1S/C9H17NO/c1-3-5-7-10(6-4-2)8-9-11/h11H,4,6-9H2,1-2H3. The molecule has 0 aromatic rings. The molecule has 0 saturated heterocycles. The molecule has 1 N–H and O–H groups in total. The molecule has 0 fully saturated rings. The van der Waals surface area contributed by atoms with Crippen LogP contribution in [0.25, 0.3) is 0 Å². The zero-order valence-electron chi connectivity index (χ0n) is 7.43. The maximum Gasteiger partial charge on any atom is 0.0602 e. The van der Waals surface area contributed by atoms with Crippen molar-refractivity contribution in [2.24, 2.45) is 0 Å². The fraction of sp³-hybridized carbons (Fsp3) is 0.778. The van der Waals surface area contributed by atoms with Crippen LogP contribution in [0.1, 0.15) is 20.3 Å². The molecule has 2 nitrogen and oxygen atoms in total. The van der Waals surface area contributed by atoms with Crippen LogP contribution < -0.4 is 0 Å². The summed E-state index contributed by atoms with van der Waals surface area (Å²) in [5.74, 6) is 5.82. The van der Waals surface area contributed by atoms with E-state index < -0.39 is 0 Å². The normalized spacial score (nSPS) is 9.45. The highest BCUT2D eigenvalue weighted by molar-refractivity contribution is 4.97. The van der Waals surface area contributed by atoms with Gasteiger partial charge in [-0.1, -0.05) is 12.8 Å². The van der Waals surface area contributed by atoms with Crippen molar-refractivity contribution in [3.8, 4) is 11.8 Å². The summed E-state index contributed by atoms with van der Waals surface area (Å²) in [6.45, 7) is 6.74. The third-order valence-electron chi connectivity index (χ3n) is 1.44. The van der Waals surface area contributed by atoms with Crippen molar-refractivity contribution in [2.75, 3.05) is 26.2 Å². The fourth-order valence-corrected chi connectivity index (χ4v) is 0.918. The molecule has 0 radical (unpaired) electrons. The first-order valence-electron chi connectivity index (χ1n) is 4.08. The van der Waals surface area contributed by atoms with Gasteiger partial charge in [0, 0.05) is 6.54 Å². The lowest BCUT2D eigenvalue weighted by Gasteiger charge is -2.16. The first-order chi connectivity index (χ1) is 5.35. The van der Waals surface area contributed by atoms with Crippen molar-refractivity contribution in [1.82, 2.24) is 4.90 Å². The second-order valence-corrected chi connectivity index (χ2v) is 2.43. The van der Waals surface area contributed by atoms with E-state index in [1.807, 2.05) is 6.92 Å². The second-order valence-electron chi connectivity index (χ2n) is 2.43. The highest BCUT2D eigenvalue weighted by Gasteiger charge is 1.98. The van der Waals surface area contributed by atoms with Crippen LogP contribution in [0.5, 0.6) is 0 Å². The molecule has 0 saturated carbocycles. The molecule has 0 unspecified atom stereocenters. The van der Waals surface area contributed by atoms with Crippen LogP contribution in [0.4, 0.5) is 0 Å². The van der Waals surface area contributed by atoms with Crippen molar-refractivity contribution in [3.05, 3.63) is 0 Å². The molecule has 0 aliphatic heterocycles. The van der Waals surface area contributed by atoms with Gasteiger partial charge in [0.2, 0.25) is 0 Å². The molecule has 0 aliphatic carbocycles. The largest absolute Gasteiger partial charge is 0.395 e. The van der Waals surface area contributed by atoms with E-state index in [-0.39, 0.29) is 6.61 Å². The van der Waals surface area contributed by atoms with Crippen LogP contribution in [0.15, 0.2) is 0 Å². The van der Waals surface area contributed by atoms with Crippen molar-refractivity contribution in [3.63, 3.8) is 0 Å². The molecule has 0 amide bonds. The molecule has 0 bridgehead atoms. The van der Waals surface area contributed by atoms with Crippen molar-refractivity contribution in [2.45, 2.75) is 20.3 Å². The maximum atomic E-state index is 8.67. The summed E-state index contributed by atoms with van der Waals surface area (Å²) in [5.41, 5.74) is 0. The highest BCUT2D eigenvalue weighted by atomic mass is 16.3. The smallest absolute Gasteiger partial charge is 0.0602 e. The Kier molecular flexibility index (Phi) is 7.23. The van der Waals surface area contributed by atoms with Gasteiger partial charge >= 0.3 is 0 Å². The van der Waals surface area contributed by atoms with E-state index in [2.05, 4.69) is 23.7 Å². The fourth-order valence-electron chi connectivity index (χ4n) is 0.918. The quantitative estimate of drug-likeness (QED) is 0.591. The zero-order valence-corrected chi connectivity index (χ0v) is 7.43. The Labute approximate surface area is 69.2 Å². The maximum absolute atomic E-state index is 8.67. The lowest BCUT2D eigenvalue weighted by molar-refractivity contribution is 0.210. The molecule has 64 valence electrons. The monoisotopic (exact) mass is 155 g/mol. The van der Waals surface area contributed by atoms with Gasteiger partial charge in [0.25, 0.3) is 0 Å². The molecule has 0 aromatic carbocycles. The minimum Gasteiger partial charge on any atom is -0.395 e. The predicted octanol–water partition coefficient (Wildman–Crippen LogP) is 0.714. The molecular formula is C9H17NO. The van der Waals surface area contributed by atoms with E-state index in [0.29, 0.717) is 0 Å². The van der Waals surface area contributed by atoms with Gasteiger partial charge in [-0.25, -0.2) is 0 Å². The Hall–Kier alpha value is -0.520. The van der Waals surface area contributed by atoms with Gasteiger partial charge < -0.3 is 5.11 Å². The second kappa shape index (κ2) is 7.59. The lowest BCUT2D eigenvalue weighted by atomic mass is 10.4. The van der Waals surface area contributed by atoms with Gasteiger partial charge in [-0.2, -0.15) is 0 Å². The third-order valence-corrected chi connectivity index (χ3v) is 1.44. The Morgan fingerprint density at radius 1 is 1.36 bits per heavy atom. The molecule has 0 atom stereocenters. The highest BCUT2D eigenvalue weighted by Crippen LogP contribution is 1.88. The average molecular weight is 155 g/mol. The van der Waals surface area contributed by atoms with Gasteiger partial charge in [-0.15, -0.1) is 5.92 Å². The number of nitrogens with zero attached hydrogens (tertiary/aromatic N) is 1. The third kappa shape index (κ3) is 5.90. The van der Waals surface area contributed by atoms with Gasteiger partial charge in [0.1, 0.15) is 0 Å². The summed E-state index contributed by atoms with van der Waals surface area (Å²) in [5, 5.41) is 8.67. The predicted molar refractivity (Wildman–Crippen MR) is 47.3 cm³/mol. The van der Waals surface area contributed by atoms with E-state index >= 15 is 0 Å². The van der Waals surface area contributed by atoms with Crippen LogP contribution in [-0.4, -0.2) is 36.2 Å². The zero-order chi connectivity index (χ0) is 8.53. The summed E-state index contributed by atoms with van der Waals surface area (Å²) in [4.78, 5) is 2.15. The lowest BCUT2D eigenvalue weighted by Crippen LogP contribution is -2.28. The molecule has 11 heavy (non-hydrogen) atoms. The summed E-state index contributed by atoms with van der Waals surface area (Å²) in [6, 6.07) is 0. The topological polar surface area (TPSA) is 23.5 Å². The van der Waals surface area contributed by atoms with E-state index in [9.17, 15) is 0 Å². The van der Waals surface area contributed by atoms with Crippen molar-refractivity contribution >= 4 is 0 Å². The Bertz CT molecular complexity index is 128. The summed E-state index contributed by atoms with van der Waals surface area (Å²) in [7, 11) is 0. The molecule has 2 heteroatoms. The minimum absolute atomic E-state index is 0.228. The van der Waals surface area contributed by atoms with Gasteiger partial charge in [-0.05, 0) is 19.9 Å². The van der Waals surface area contributed by atoms with Gasteiger partial charge in [0.15, 0.2) is 0 Å². The molecule has 0 rings (SSSR count). The number of hydrogen-bond acceptors (Lipinski definition) is 2. The molecule has 0 spiro atoms. The van der Waals surface area contributed by atoms with Crippen LogP contribution in [0.2, 0.25) is 0 Å². The van der Waals surface area contributed by atoms with Gasteiger partial charge in [0.05, 0.1) is 13.2 Å². The number of rotatable bonds is 5. The molecule has 0 aliphatic rings. The van der Waals surface area contributed by atoms with Crippen molar-refractivity contribution < 1.29 is 5.11 Å². The summed E-state index contributed by atoms with van der Waals surface area (Å²) >= 11 is 0. The number of hydrogen-bond donors (Lipinski definition) is 1. The molecule has 0 heterocycles. The Morgan fingerprint density at radius 3 is 2.55 bits per heavy atom. The van der Waals surface area contributed by atoms with Crippen molar-refractivity contribution in [1.29, 1.82) is 0 Å². The van der Waals surface area contributed by atoms with Crippen LogP contribution in [0, 0.1) is 11.8 Å². The van der Waals surface area contributed by atoms with E-state index in [0.717, 1.165) is 26.1 Å². The van der Waals surface area contributed by atoms with Crippen LogP contribution >= 0.6 is 0 Å². The first-order valence-corrected chi connectivity index (χ1v) is 4.08. The molecule has 0 aromatic heterocycles. The van der Waals surface area contributed by atoms with E-state index in [1.165, 1.54) is 0 Å². The average Bonchev–Trinajstić information content (AvgIpc) is 2.01. The van der Waals surface area contributed by atoms with Gasteiger partial charge in [-0.3, -0.25) is 4.90 Å². The Morgan fingerprint density at radius 2 is 2.09 bits per heavy atom. The number of aliphatic hydroxyl groups excluding tert-OH is 1. The Balaban J connectivity index is 3.56. The number of aliphatic hydroxyl groups is 1. The minimum atomic E-state index is 0.228. The SMILES string of the molecule is CC#CCN(CCC)CCO. The first kappa shape index (κ1) is 10.5.